The molecule has 0 bridgehead atoms. The number of nitrogen functional groups attached to an aromatic ring is 1. The van der Waals surface area contributed by atoms with Crippen LogP contribution in [-0.4, -0.2) is 18.5 Å². The van der Waals surface area contributed by atoms with E-state index in [9.17, 15) is 9.90 Å². The van der Waals surface area contributed by atoms with Crippen molar-refractivity contribution in [2.75, 3.05) is 12.8 Å². The van der Waals surface area contributed by atoms with Gasteiger partial charge in [0.05, 0.1) is 0 Å². The first-order valence-electron chi connectivity index (χ1n) is 4.14. The predicted octanol–water partition coefficient (Wildman–Crippen LogP) is 0.893. The Kier molecular flexibility index (Phi) is 2.88. The summed E-state index contributed by atoms with van der Waals surface area (Å²) in [4.78, 5) is 10.6. The second-order valence-corrected chi connectivity index (χ2v) is 3.15. The molecule has 0 radical (unpaired) electrons. The van der Waals surface area contributed by atoms with Gasteiger partial charge >= 0.3 is 0 Å². The fourth-order valence-electron chi connectivity index (χ4n) is 1.08. The zero-order chi connectivity index (χ0) is 10.8. The first-order chi connectivity index (χ1) is 6.51. The fraction of sp³-hybridized carbons (Fsp3) is 0.300. The third kappa shape index (κ3) is 1.92. The van der Waals surface area contributed by atoms with Crippen molar-refractivity contribution in [3.05, 3.63) is 29.3 Å². The van der Waals surface area contributed by atoms with E-state index < -0.39 is 5.79 Å². The average Bonchev–Trinajstić information content (AvgIpc) is 2.18. The number of nitrogens with two attached hydrogens (primary N) is 1. The Bertz CT molecular complexity index is 347. The summed E-state index contributed by atoms with van der Waals surface area (Å²) < 4.78 is 4.86. The molecule has 1 aromatic rings. The molecule has 0 aliphatic carbocycles. The molecule has 0 saturated heterocycles. The zero-order valence-electron chi connectivity index (χ0n) is 8.15. The van der Waals surface area contributed by atoms with E-state index in [0.29, 0.717) is 23.1 Å². The number of methoxy groups -OCH3 is 1. The first-order valence-corrected chi connectivity index (χ1v) is 4.14. The molecule has 3 N–H and O–H groups in total. The second-order valence-electron chi connectivity index (χ2n) is 3.15. The molecule has 1 rings (SSSR count). The lowest BCUT2D eigenvalue weighted by atomic mass is 10.0. The number of anilines is 1. The Hall–Kier alpha value is -1.39. The van der Waals surface area contributed by atoms with Crippen molar-refractivity contribution in [2.24, 2.45) is 0 Å². The highest BCUT2D eigenvalue weighted by molar-refractivity contribution is 5.83. The maximum Gasteiger partial charge on any atom is 0.189 e. The van der Waals surface area contributed by atoms with Gasteiger partial charge in [0.25, 0.3) is 0 Å². The monoisotopic (exact) mass is 195 g/mol. The fourth-order valence-corrected chi connectivity index (χ4v) is 1.08. The molecule has 4 nitrogen and oxygen atoms in total. The SMILES string of the molecule is COC(C)(O)c1ccc(N)c(C=O)c1. The predicted molar refractivity (Wildman–Crippen MR) is 52.8 cm³/mol. The highest BCUT2D eigenvalue weighted by Crippen LogP contribution is 2.23. The minimum atomic E-state index is -1.40. The quantitative estimate of drug-likeness (QED) is 0.427. The largest absolute Gasteiger partial charge is 0.398 e. The highest BCUT2D eigenvalue weighted by Gasteiger charge is 2.22. The van der Waals surface area contributed by atoms with E-state index in [1.54, 1.807) is 12.1 Å². The molecule has 0 aliphatic heterocycles. The minimum Gasteiger partial charge on any atom is -0.398 e. The number of ether oxygens (including phenoxy) is 1. The van der Waals surface area contributed by atoms with E-state index in [1.807, 2.05) is 0 Å². The minimum absolute atomic E-state index is 0.347. The number of aliphatic hydroxyl groups is 1. The maximum atomic E-state index is 10.6. The molecule has 0 heterocycles. The Morgan fingerprint density at radius 2 is 2.21 bits per heavy atom. The third-order valence-electron chi connectivity index (χ3n) is 2.15. The topological polar surface area (TPSA) is 72.6 Å². The summed E-state index contributed by atoms with van der Waals surface area (Å²) in [7, 11) is 1.39. The van der Waals surface area contributed by atoms with E-state index in [1.165, 1.54) is 20.1 Å². The van der Waals surface area contributed by atoms with Crippen LogP contribution in [0.15, 0.2) is 18.2 Å². The molecule has 1 unspecified atom stereocenters. The highest BCUT2D eigenvalue weighted by atomic mass is 16.6. The molecular weight excluding hydrogens is 182 g/mol. The number of benzene rings is 1. The summed E-state index contributed by atoms with van der Waals surface area (Å²) in [5.41, 5.74) is 6.76. The van der Waals surface area contributed by atoms with Gasteiger partial charge in [0.15, 0.2) is 12.1 Å². The van der Waals surface area contributed by atoms with Crippen molar-refractivity contribution >= 4 is 12.0 Å². The molecule has 0 aliphatic rings. The van der Waals surface area contributed by atoms with E-state index in [0.717, 1.165) is 0 Å². The second kappa shape index (κ2) is 3.77. The lowest BCUT2D eigenvalue weighted by Crippen LogP contribution is -2.23. The Morgan fingerprint density at radius 1 is 1.57 bits per heavy atom. The van der Waals surface area contributed by atoms with Crippen LogP contribution in [0, 0.1) is 0 Å². The van der Waals surface area contributed by atoms with Crippen LogP contribution in [0.5, 0.6) is 0 Å². The number of hydrogen-bond acceptors (Lipinski definition) is 4. The van der Waals surface area contributed by atoms with E-state index in [4.69, 9.17) is 10.5 Å². The van der Waals surface area contributed by atoms with Crippen LogP contribution in [-0.2, 0) is 10.5 Å². The van der Waals surface area contributed by atoms with Crippen molar-refractivity contribution < 1.29 is 14.6 Å². The lowest BCUT2D eigenvalue weighted by molar-refractivity contribution is -0.179. The van der Waals surface area contributed by atoms with E-state index in [2.05, 4.69) is 0 Å². The molecule has 1 aromatic carbocycles. The molecule has 76 valence electrons. The molecule has 14 heavy (non-hydrogen) atoms. The molecule has 4 heteroatoms. The average molecular weight is 195 g/mol. The third-order valence-corrected chi connectivity index (χ3v) is 2.15. The van der Waals surface area contributed by atoms with Gasteiger partial charge < -0.3 is 15.6 Å². The molecule has 0 fully saturated rings. The van der Waals surface area contributed by atoms with Crippen molar-refractivity contribution in [3.8, 4) is 0 Å². The maximum absolute atomic E-state index is 10.6. The van der Waals surface area contributed by atoms with Gasteiger partial charge in [-0.1, -0.05) is 6.07 Å². The summed E-state index contributed by atoms with van der Waals surface area (Å²) in [6.07, 6.45) is 0.643. The van der Waals surface area contributed by atoms with Gasteiger partial charge in [0.1, 0.15) is 0 Å². The van der Waals surface area contributed by atoms with Crippen molar-refractivity contribution in [1.82, 2.24) is 0 Å². The van der Waals surface area contributed by atoms with Crippen molar-refractivity contribution in [2.45, 2.75) is 12.7 Å². The van der Waals surface area contributed by atoms with E-state index >= 15 is 0 Å². The van der Waals surface area contributed by atoms with Crippen LogP contribution in [0.2, 0.25) is 0 Å². The van der Waals surface area contributed by atoms with Crippen LogP contribution in [0.3, 0.4) is 0 Å². The van der Waals surface area contributed by atoms with Gasteiger partial charge in [-0.25, -0.2) is 0 Å². The van der Waals surface area contributed by atoms with Gasteiger partial charge in [-0.15, -0.1) is 0 Å². The van der Waals surface area contributed by atoms with Crippen molar-refractivity contribution in [1.29, 1.82) is 0 Å². The lowest BCUT2D eigenvalue weighted by Gasteiger charge is -2.22. The van der Waals surface area contributed by atoms with Gasteiger partial charge in [-0.2, -0.15) is 0 Å². The molecule has 0 saturated carbocycles. The van der Waals surface area contributed by atoms with Gasteiger partial charge in [-0.3, -0.25) is 4.79 Å². The normalized spacial score (nSPS) is 14.8. The summed E-state index contributed by atoms with van der Waals surface area (Å²) in [5.74, 6) is -1.40. The molecule has 0 spiro atoms. The smallest absolute Gasteiger partial charge is 0.189 e. The van der Waals surface area contributed by atoms with Crippen molar-refractivity contribution in [3.63, 3.8) is 0 Å². The standard InChI is InChI=1S/C10H13NO3/c1-10(13,14-2)8-3-4-9(11)7(5-8)6-12/h3-6,13H,11H2,1-2H3. The number of carbonyl (C=O) groups excluding carboxylic acids is 1. The van der Waals surface area contributed by atoms with Crippen LogP contribution in [0.25, 0.3) is 0 Å². The Morgan fingerprint density at radius 3 is 2.71 bits per heavy atom. The summed E-state index contributed by atoms with van der Waals surface area (Å²) in [6.45, 7) is 1.49. The number of rotatable bonds is 3. The first kappa shape index (κ1) is 10.7. The molecule has 1 atom stereocenters. The van der Waals surface area contributed by atoms with Gasteiger partial charge in [0, 0.05) is 23.9 Å². The Balaban J connectivity index is 3.19. The summed E-state index contributed by atoms with van der Waals surface area (Å²) in [6, 6.07) is 4.68. The molecule has 0 aromatic heterocycles. The molecular formula is C10H13NO3. The number of carbonyl (C=O) groups is 1. The zero-order valence-corrected chi connectivity index (χ0v) is 8.15. The van der Waals surface area contributed by atoms with Gasteiger partial charge in [0.2, 0.25) is 0 Å². The van der Waals surface area contributed by atoms with Crippen LogP contribution in [0.4, 0.5) is 5.69 Å². The number of hydrogen-bond donors (Lipinski definition) is 2. The van der Waals surface area contributed by atoms with E-state index in [-0.39, 0.29) is 0 Å². The Labute approximate surface area is 82.3 Å². The molecule has 0 amide bonds. The summed E-state index contributed by atoms with van der Waals surface area (Å²) >= 11 is 0. The van der Waals surface area contributed by atoms with Crippen LogP contribution < -0.4 is 5.73 Å². The van der Waals surface area contributed by atoms with Gasteiger partial charge in [-0.05, 0) is 19.1 Å². The number of aldehydes is 1. The van der Waals surface area contributed by atoms with Crippen LogP contribution >= 0.6 is 0 Å². The summed E-state index contributed by atoms with van der Waals surface area (Å²) in [5, 5.41) is 9.73. The van der Waals surface area contributed by atoms with Crippen LogP contribution in [0.1, 0.15) is 22.8 Å².